The van der Waals surface area contributed by atoms with E-state index in [-0.39, 0.29) is 11.4 Å². The van der Waals surface area contributed by atoms with Gasteiger partial charge in [0.05, 0.1) is 11.4 Å². The second kappa shape index (κ2) is 4.77. The van der Waals surface area contributed by atoms with Gasteiger partial charge < -0.3 is 20.2 Å². The molecule has 0 saturated carbocycles. The molecule has 3 N–H and O–H groups in total. The van der Waals surface area contributed by atoms with Crippen LogP contribution in [-0.2, 0) is 4.79 Å². The molecule has 1 atom stereocenters. The van der Waals surface area contributed by atoms with E-state index in [9.17, 15) is 19.8 Å². The van der Waals surface area contributed by atoms with Crippen LogP contribution in [0.1, 0.15) is 10.4 Å². The number of nitrogens with zero attached hydrogens (tertiary/aromatic N) is 1. The van der Waals surface area contributed by atoms with Crippen LogP contribution in [-0.4, -0.2) is 49.8 Å². The zero-order valence-corrected chi connectivity index (χ0v) is 10.1. The minimum atomic E-state index is -1.08. The van der Waals surface area contributed by atoms with Gasteiger partial charge in [-0.25, -0.2) is 4.79 Å². The molecular weight excluding hydrogens is 258 g/mol. The molecular formula is C11H11NO5S. The second-order valence-electron chi connectivity index (χ2n) is 3.80. The van der Waals surface area contributed by atoms with Crippen molar-refractivity contribution >= 4 is 23.6 Å². The van der Waals surface area contributed by atoms with E-state index < -0.39 is 29.4 Å². The third-order valence-corrected chi connectivity index (χ3v) is 3.69. The van der Waals surface area contributed by atoms with Crippen LogP contribution < -0.4 is 0 Å². The van der Waals surface area contributed by atoms with Crippen molar-refractivity contribution in [2.75, 3.05) is 11.6 Å². The Morgan fingerprint density at radius 2 is 2.06 bits per heavy atom. The van der Waals surface area contributed by atoms with Gasteiger partial charge >= 0.3 is 5.97 Å². The van der Waals surface area contributed by atoms with Crippen molar-refractivity contribution in [1.29, 1.82) is 0 Å². The molecule has 6 nitrogen and oxygen atoms in total. The fourth-order valence-electron chi connectivity index (χ4n) is 1.71. The molecule has 1 aromatic carbocycles. The number of carboxylic acids is 1. The molecule has 0 bridgehead atoms. The highest BCUT2D eigenvalue weighted by Crippen LogP contribution is 2.31. The summed E-state index contributed by atoms with van der Waals surface area (Å²) in [4.78, 5) is 24.3. The summed E-state index contributed by atoms with van der Waals surface area (Å²) in [6, 6.07) is 3.12. The third kappa shape index (κ3) is 2.08. The summed E-state index contributed by atoms with van der Waals surface area (Å²) in [7, 11) is 0. The van der Waals surface area contributed by atoms with E-state index in [2.05, 4.69) is 0 Å². The Kier molecular flexibility index (Phi) is 3.33. The van der Waals surface area contributed by atoms with E-state index >= 15 is 0 Å². The van der Waals surface area contributed by atoms with E-state index in [0.717, 1.165) is 0 Å². The van der Waals surface area contributed by atoms with Crippen LogP contribution in [0.25, 0.3) is 0 Å². The molecule has 0 radical (unpaired) electrons. The number of carbonyl (C=O) groups excluding carboxylic acids is 1. The van der Waals surface area contributed by atoms with E-state index in [1.165, 1.54) is 34.9 Å². The number of carboxylic acid groups (broad SMARTS) is 1. The molecule has 2 rings (SSSR count). The maximum absolute atomic E-state index is 12.1. The van der Waals surface area contributed by atoms with E-state index in [0.29, 0.717) is 5.75 Å². The number of phenolic OH excluding ortho intramolecular Hbond substituents is 2. The molecule has 0 aliphatic carbocycles. The minimum absolute atomic E-state index is 0.0937. The normalized spacial score (nSPS) is 18.9. The number of aromatic hydroxyl groups is 2. The maximum atomic E-state index is 12.1. The predicted molar refractivity (Wildman–Crippen MR) is 64.7 cm³/mol. The first-order valence-electron chi connectivity index (χ1n) is 5.15. The first kappa shape index (κ1) is 12.6. The number of thioether (sulfide) groups is 1. The molecule has 1 aliphatic heterocycles. The topological polar surface area (TPSA) is 98.1 Å². The first-order chi connectivity index (χ1) is 8.52. The SMILES string of the molecule is O=C(O)C1CSCN1C(=O)c1cccc(O)c1O. The van der Waals surface area contributed by atoms with Crippen LogP contribution in [0, 0.1) is 0 Å². The fraction of sp³-hybridized carbons (Fsp3) is 0.273. The largest absolute Gasteiger partial charge is 0.504 e. The van der Waals surface area contributed by atoms with E-state index in [1.807, 2.05) is 0 Å². The van der Waals surface area contributed by atoms with Crippen molar-refractivity contribution in [2.24, 2.45) is 0 Å². The zero-order valence-electron chi connectivity index (χ0n) is 9.24. The Hall–Kier alpha value is -1.89. The molecule has 0 aromatic heterocycles. The molecule has 1 aromatic rings. The fourth-order valence-corrected chi connectivity index (χ4v) is 2.85. The van der Waals surface area contributed by atoms with Gasteiger partial charge in [-0.15, -0.1) is 11.8 Å². The summed E-state index contributed by atoms with van der Waals surface area (Å²) in [5.41, 5.74) is -0.0937. The van der Waals surface area contributed by atoms with Gasteiger partial charge in [0.15, 0.2) is 11.5 Å². The molecule has 1 fully saturated rings. The van der Waals surface area contributed by atoms with Crippen LogP contribution in [0.4, 0.5) is 0 Å². The molecule has 18 heavy (non-hydrogen) atoms. The average Bonchev–Trinajstić information content (AvgIpc) is 2.81. The number of rotatable bonds is 2. The minimum Gasteiger partial charge on any atom is -0.504 e. The van der Waals surface area contributed by atoms with E-state index in [4.69, 9.17) is 5.11 Å². The number of hydrogen-bond donors (Lipinski definition) is 3. The van der Waals surface area contributed by atoms with Crippen LogP contribution in [0.5, 0.6) is 11.5 Å². The second-order valence-corrected chi connectivity index (χ2v) is 4.80. The molecule has 0 spiro atoms. The molecule has 1 saturated heterocycles. The number of phenols is 2. The lowest BCUT2D eigenvalue weighted by Crippen LogP contribution is -2.41. The number of aliphatic carboxylic acids is 1. The van der Waals surface area contributed by atoms with Crippen molar-refractivity contribution in [3.8, 4) is 11.5 Å². The monoisotopic (exact) mass is 269 g/mol. The number of benzene rings is 1. The first-order valence-corrected chi connectivity index (χ1v) is 6.30. The van der Waals surface area contributed by atoms with Crippen LogP contribution in [0.15, 0.2) is 18.2 Å². The van der Waals surface area contributed by atoms with Gasteiger partial charge in [-0.3, -0.25) is 4.79 Å². The predicted octanol–water partition coefficient (Wildman–Crippen LogP) is 0.697. The van der Waals surface area contributed by atoms with Gasteiger partial charge in [0.25, 0.3) is 5.91 Å². The zero-order chi connectivity index (χ0) is 13.3. The molecule has 1 amide bonds. The highest BCUT2D eigenvalue weighted by molar-refractivity contribution is 7.99. The molecule has 96 valence electrons. The van der Waals surface area contributed by atoms with Gasteiger partial charge in [0.2, 0.25) is 0 Å². The maximum Gasteiger partial charge on any atom is 0.327 e. The van der Waals surface area contributed by atoms with Crippen molar-refractivity contribution in [3.05, 3.63) is 23.8 Å². The molecule has 7 heteroatoms. The standard InChI is InChI=1S/C11H11NO5S/c13-8-3-1-2-6(9(8)14)10(15)12-5-18-4-7(12)11(16)17/h1-3,7,13-14H,4-5H2,(H,16,17). The quantitative estimate of drug-likeness (QED) is 0.684. The van der Waals surface area contributed by atoms with Gasteiger partial charge in [0.1, 0.15) is 6.04 Å². The lowest BCUT2D eigenvalue weighted by molar-refractivity contribution is -0.140. The Morgan fingerprint density at radius 1 is 1.33 bits per heavy atom. The summed E-state index contributed by atoms with van der Waals surface area (Å²) in [5.74, 6) is -2.03. The Morgan fingerprint density at radius 3 is 2.72 bits per heavy atom. The van der Waals surface area contributed by atoms with Gasteiger partial charge in [0, 0.05) is 5.75 Å². The van der Waals surface area contributed by atoms with Crippen molar-refractivity contribution in [2.45, 2.75) is 6.04 Å². The summed E-state index contributed by atoms with van der Waals surface area (Å²) >= 11 is 1.33. The van der Waals surface area contributed by atoms with Crippen molar-refractivity contribution in [3.63, 3.8) is 0 Å². The van der Waals surface area contributed by atoms with Gasteiger partial charge in [-0.05, 0) is 12.1 Å². The van der Waals surface area contributed by atoms with Crippen LogP contribution in [0.3, 0.4) is 0 Å². The Bertz CT molecular complexity index is 504. The van der Waals surface area contributed by atoms with Crippen LogP contribution >= 0.6 is 11.8 Å². The van der Waals surface area contributed by atoms with Crippen molar-refractivity contribution in [1.82, 2.24) is 4.90 Å². The highest BCUT2D eigenvalue weighted by Gasteiger charge is 2.36. The summed E-state index contributed by atoms with van der Waals surface area (Å²) in [5, 5.41) is 27.9. The lowest BCUT2D eigenvalue weighted by atomic mass is 10.1. The molecule has 1 unspecified atom stereocenters. The number of para-hydroxylation sites is 1. The number of hydrogen-bond acceptors (Lipinski definition) is 5. The highest BCUT2D eigenvalue weighted by atomic mass is 32.2. The van der Waals surface area contributed by atoms with Gasteiger partial charge in [-0.1, -0.05) is 6.07 Å². The number of carbonyl (C=O) groups is 2. The molecule has 1 heterocycles. The molecule has 1 aliphatic rings. The average molecular weight is 269 g/mol. The summed E-state index contributed by atoms with van der Waals surface area (Å²) in [6.07, 6.45) is 0. The lowest BCUT2D eigenvalue weighted by Gasteiger charge is -2.20. The Balaban J connectivity index is 2.31. The summed E-state index contributed by atoms with van der Waals surface area (Å²) in [6.45, 7) is 0. The number of amides is 1. The third-order valence-electron chi connectivity index (χ3n) is 2.67. The van der Waals surface area contributed by atoms with Crippen molar-refractivity contribution < 1.29 is 24.9 Å². The van der Waals surface area contributed by atoms with Gasteiger partial charge in [-0.2, -0.15) is 0 Å². The summed E-state index contributed by atoms with van der Waals surface area (Å²) < 4.78 is 0. The van der Waals surface area contributed by atoms with Crippen LogP contribution in [0.2, 0.25) is 0 Å². The smallest absolute Gasteiger partial charge is 0.327 e. The van der Waals surface area contributed by atoms with E-state index in [1.54, 1.807) is 0 Å². The Labute approximate surface area is 107 Å².